The fourth-order valence-electron chi connectivity index (χ4n) is 1.90. The van der Waals surface area contributed by atoms with Crippen LogP contribution in [0.1, 0.15) is 24.8 Å². The number of rotatable bonds is 4. The zero-order chi connectivity index (χ0) is 12.1. The predicted molar refractivity (Wildman–Crippen MR) is 63.5 cm³/mol. The van der Waals surface area contributed by atoms with E-state index in [1.54, 1.807) is 24.3 Å². The molecule has 4 heteroatoms. The lowest BCUT2D eigenvalue weighted by molar-refractivity contribution is -0.123. The molecule has 1 unspecified atom stereocenters. The monoisotopic (exact) mass is 235 g/mol. The Bertz CT molecular complexity index is 369. The number of hydrogen-bond donors (Lipinski definition) is 2. The molecule has 4 nitrogen and oxygen atoms in total. The molecule has 0 radical (unpaired) electrons. The van der Waals surface area contributed by atoms with E-state index in [1.807, 2.05) is 0 Å². The average molecular weight is 235 g/mol. The van der Waals surface area contributed by atoms with E-state index < -0.39 is 0 Å². The predicted octanol–water partition coefficient (Wildman–Crippen LogP) is 1.58. The van der Waals surface area contributed by atoms with Crippen LogP contribution in [0.15, 0.2) is 24.3 Å². The van der Waals surface area contributed by atoms with Gasteiger partial charge in [-0.15, -0.1) is 0 Å². The second-order valence-corrected chi connectivity index (χ2v) is 4.28. The Balaban J connectivity index is 1.73. The Morgan fingerprint density at radius 1 is 1.41 bits per heavy atom. The molecule has 1 atom stereocenters. The minimum atomic E-state index is 0.0185. The molecule has 1 heterocycles. The molecular formula is C13H17NO3. The molecule has 2 rings (SSSR count). The number of phenols is 1. The summed E-state index contributed by atoms with van der Waals surface area (Å²) in [5.41, 5.74) is 0.975. The van der Waals surface area contributed by atoms with Crippen molar-refractivity contribution in [3.05, 3.63) is 29.8 Å². The normalized spacial score (nSPS) is 19.2. The molecule has 1 fully saturated rings. The number of benzene rings is 1. The molecule has 1 amide bonds. The summed E-state index contributed by atoms with van der Waals surface area (Å²) in [7, 11) is 0. The zero-order valence-corrected chi connectivity index (χ0v) is 9.69. The maximum Gasteiger partial charge on any atom is 0.222 e. The highest BCUT2D eigenvalue weighted by atomic mass is 16.5. The van der Waals surface area contributed by atoms with Gasteiger partial charge < -0.3 is 15.2 Å². The SMILES string of the molecule is O=C(CC1CCCO1)NCc1ccc(O)cc1. The maximum atomic E-state index is 11.6. The lowest BCUT2D eigenvalue weighted by atomic mass is 10.1. The van der Waals surface area contributed by atoms with Crippen LogP contribution in [0.4, 0.5) is 0 Å². The summed E-state index contributed by atoms with van der Waals surface area (Å²) in [6, 6.07) is 6.81. The van der Waals surface area contributed by atoms with Gasteiger partial charge in [0, 0.05) is 13.2 Å². The summed E-state index contributed by atoms with van der Waals surface area (Å²) in [6.07, 6.45) is 2.57. The van der Waals surface area contributed by atoms with Crippen LogP contribution in [0, 0.1) is 0 Å². The lowest BCUT2D eigenvalue weighted by Gasteiger charge is -2.09. The van der Waals surface area contributed by atoms with Crippen LogP contribution in [-0.2, 0) is 16.1 Å². The Morgan fingerprint density at radius 2 is 2.18 bits per heavy atom. The second kappa shape index (κ2) is 5.68. The molecule has 0 spiro atoms. The average Bonchev–Trinajstić information content (AvgIpc) is 2.81. The van der Waals surface area contributed by atoms with Crippen LogP contribution in [-0.4, -0.2) is 23.7 Å². The molecule has 1 aromatic carbocycles. The second-order valence-electron chi connectivity index (χ2n) is 4.28. The molecule has 92 valence electrons. The number of aromatic hydroxyl groups is 1. The first-order chi connectivity index (χ1) is 8.24. The van der Waals surface area contributed by atoms with Gasteiger partial charge in [-0.1, -0.05) is 12.1 Å². The molecule has 2 N–H and O–H groups in total. The standard InChI is InChI=1S/C13H17NO3/c15-11-5-3-10(4-6-11)9-14-13(16)8-12-2-1-7-17-12/h3-6,12,15H,1-2,7-9H2,(H,14,16). The number of amides is 1. The quantitative estimate of drug-likeness (QED) is 0.833. The van der Waals surface area contributed by atoms with Crippen LogP contribution >= 0.6 is 0 Å². The van der Waals surface area contributed by atoms with E-state index in [9.17, 15) is 4.79 Å². The molecule has 1 aliphatic heterocycles. The van der Waals surface area contributed by atoms with Crippen molar-refractivity contribution in [1.82, 2.24) is 5.32 Å². The third-order valence-electron chi connectivity index (χ3n) is 2.86. The van der Waals surface area contributed by atoms with Crippen molar-refractivity contribution >= 4 is 5.91 Å². The van der Waals surface area contributed by atoms with Crippen molar-refractivity contribution in [3.8, 4) is 5.75 Å². The minimum absolute atomic E-state index is 0.0185. The number of ether oxygens (including phenoxy) is 1. The van der Waals surface area contributed by atoms with Crippen molar-refractivity contribution in [3.63, 3.8) is 0 Å². The van der Waals surface area contributed by atoms with E-state index in [0.29, 0.717) is 13.0 Å². The maximum absolute atomic E-state index is 11.6. The summed E-state index contributed by atoms with van der Waals surface area (Å²) in [6.45, 7) is 1.27. The van der Waals surface area contributed by atoms with Gasteiger partial charge in [0.05, 0.1) is 12.5 Å². The summed E-state index contributed by atoms with van der Waals surface area (Å²) in [4.78, 5) is 11.6. The lowest BCUT2D eigenvalue weighted by Crippen LogP contribution is -2.26. The van der Waals surface area contributed by atoms with Crippen molar-refractivity contribution in [2.75, 3.05) is 6.61 Å². The van der Waals surface area contributed by atoms with E-state index in [0.717, 1.165) is 25.0 Å². The van der Waals surface area contributed by atoms with Crippen molar-refractivity contribution in [1.29, 1.82) is 0 Å². The van der Waals surface area contributed by atoms with Crippen LogP contribution in [0.2, 0.25) is 0 Å². The highest BCUT2D eigenvalue weighted by molar-refractivity contribution is 5.76. The minimum Gasteiger partial charge on any atom is -0.508 e. The van der Waals surface area contributed by atoms with Crippen molar-refractivity contribution in [2.45, 2.75) is 31.9 Å². The zero-order valence-electron chi connectivity index (χ0n) is 9.69. The van der Waals surface area contributed by atoms with Gasteiger partial charge in [0.2, 0.25) is 5.91 Å². The summed E-state index contributed by atoms with van der Waals surface area (Å²) >= 11 is 0. The van der Waals surface area contributed by atoms with E-state index in [2.05, 4.69) is 5.32 Å². The van der Waals surface area contributed by atoms with E-state index in [4.69, 9.17) is 9.84 Å². The molecular weight excluding hydrogens is 218 g/mol. The van der Waals surface area contributed by atoms with Crippen LogP contribution < -0.4 is 5.32 Å². The first-order valence-electron chi connectivity index (χ1n) is 5.90. The molecule has 1 saturated heterocycles. The highest BCUT2D eigenvalue weighted by Gasteiger charge is 2.18. The summed E-state index contributed by atoms with van der Waals surface area (Å²) < 4.78 is 5.40. The molecule has 1 aliphatic rings. The Morgan fingerprint density at radius 3 is 2.82 bits per heavy atom. The van der Waals surface area contributed by atoms with Gasteiger partial charge >= 0.3 is 0 Å². The number of phenolic OH excluding ortho intramolecular Hbond substituents is 1. The fourth-order valence-corrected chi connectivity index (χ4v) is 1.90. The van der Waals surface area contributed by atoms with Gasteiger partial charge in [-0.05, 0) is 30.5 Å². The molecule has 0 saturated carbocycles. The first kappa shape index (κ1) is 11.9. The molecule has 0 bridgehead atoms. The van der Waals surface area contributed by atoms with E-state index in [-0.39, 0.29) is 17.8 Å². The summed E-state index contributed by atoms with van der Waals surface area (Å²) in [5, 5.41) is 12.0. The van der Waals surface area contributed by atoms with Gasteiger partial charge in [0.1, 0.15) is 5.75 Å². The van der Waals surface area contributed by atoms with Gasteiger partial charge in [0.15, 0.2) is 0 Å². The fraction of sp³-hybridized carbons (Fsp3) is 0.462. The number of nitrogens with one attached hydrogen (secondary N) is 1. The number of carbonyl (C=O) groups excluding carboxylic acids is 1. The van der Waals surface area contributed by atoms with Crippen LogP contribution in [0.25, 0.3) is 0 Å². The molecule has 0 aromatic heterocycles. The van der Waals surface area contributed by atoms with Crippen LogP contribution in [0.3, 0.4) is 0 Å². The van der Waals surface area contributed by atoms with Crippen molar-refractivity contribution in [2.24, 2.45) is 0 Å². The highest BCUT2D eigenvalue weighted by Crippen LogP contribution is 2.15. The van der Waals surface area contributed by atoms with Gasteiger partial charge in [-0.3, -0.25) is 4.79 Å². The third kappa shape index (κ3) is 3.75. The smallest absolute Gasteiger partial charge is 0.222 e. The molecule has 0 aliphatic carbocycles. The van der Waals surface area contributed by atoms with Crippen LogP contribution in [0.5, 0.6) is 5.75 Å². The Hall–Kier alpha value is -1.55. The van der Waals surface area contributed by atoms with Gasteiger partial charge in [0.25, 0.3) is 0 Å². The Labute approximate surface area is 101 Å². The van der Waals surface area contributed by atoms with Crippen molar-refractivity contribution < 1.29 is 14.6 Å². The van der Waals surface area contributed by atoms with E-state index in [1.165, 1.54) is 0 Å². The summed E-state index contributed by atoms with van der Waals surface area (Å²) in [5.74, 6) is 0.254. The number of hydrogen-bond acceptors (Lipinski definition) is 3. The Kier molecular flexibility index (Phi) is 3.98. The van der Waals surface area contributed by atoms with E-state index >= 15 is 0 Å². The topological polar surface area (TPSA) is 58.6 Å². The van der Waals surface area contributed by atoms with Gasteiger partial charge in [-0.2, -0.15) is 0 Å². The molecule has 17 heavy (non-hydrogen) atoms. The third-order valence-corrected chi connectivity index (χ3v) is 2.86. The first-order valence-corrected chi connectivity index (χ1v) is 5.90. The largest absolute Gasteiger partial charge is 0.508 e. The van der Waals surface area contributed by atoms with Gasteiger partial charge in [-0.25, -0.2) is 0 Å². The molecule has 1 aromatic rings. The number of carbonyl (C=O) groups is 1.